The zero-order valence-corrected chi connectivity index (χ0v) is 19.8. The number of aromatic nitrogens is 2. The lowest BCUT2D eigenvalue weighted by Gasteiger charge is -2.40. The predicted octanol–water partition coefficient (Wildman–Crippen LogP) is 3.55. The highest BCUT2D eigenvalue weighted by Gasteiger charge is 2.38. The van der Waals surface area contributed by atoms with E-state index in [2.05, 4.69) is 10.1 Å². The van der Waals surface area contributed by atoms with Crippen LogP contribution in [-0.4, -0.2) is 74.1 Å². The zero-order valence-electron chi connectivity index (χ0n) is 19.8. The van der Waals surface area contributed by atoms with Crippen LogP contribution < -0.4 is 0 Å². The van der Waals surface area contributed by atoms with Crippen molar-refractivity contribution in [1.82, 2.24) is 19.9 Å². The molecule has 1 aromatic carbocycles. The normalized spacial score (nSPS) is 22.5. The summed E-state index contributed by atoms with van der Waals surface area (Å²) in [5, 5.41) is 23.8. The number of carbonyl (C=O) groups excluding carboxylic acids is 1. The Hall–Kier alpha value is -2.66. The van der Waals surface area contributed by atoms with Crippen LogP contribution in [0.25, 0.3) is 0 Å². The van der Waals surface area contributed by atoms with Crippen LogP contribution in [0.15, 0.2) is 28.8 Å². The SMILES string of the molecule is CC(C)(O)Cc1noc(C2CC(c3cccc(C(F)(F)F)c3)CN(C(=O)N3CCC(O)CC3)C2)n1. The highest BCUT2D eigenvalue weighted by Crippen LogP contribution is 2.38. The average Bonchev–Trinajstić information content (AvgIpc) is 3.25. The molecule has 1 aromatic heterocycles. The van der Waals surface area contributed by atoms with Crippen LogP contribution in [-0.2, 0) is 12.6 Å². The average molecular weight is 497 g/mol. The number of likely N-dealkylation sites (tertiary alicyclic amines) is 2. The molecule has 2 aliphatic heterocycles. The molecule has 192 valence electrons. The zero-order chi connectivity index (χ0) is 25.4. The number of aliphatic hydroxyl groups is 2. The Kier molecular flexibility index (Phi) is 7.10. The van der Waals surface area contributed by atoms with Crippen LogP contribution in [0.5, 0.6) is 0 Å². The third-order valence-corrected chi connectivity index (χ3v) is 6.57. The molecule has 0 radical (unpaired) electrons. The van der Waals surface area contributed by atoms with Crippen molar-refractivity contribution >= 4 is 6.03 Å². The fourth-order valence-corrected chi connectivity index (χ4v) is 4.79. The lowest BCUT2D eigenvalue weighted by Crippen LogP contribution is -2.51. The topological polar surface area (TPSA) is 103 Å². The molecule has 2 N–H and O–H groups in total. The molecule has 0 saturated carbocycles. The molecule has 8 nitrogen and oxygen atoms in total. The van der Waals surface area contributed by atoms with E-state index in [1.165, 1.54) is 6.07 Å². The van der Waals surface area contributed by atoms with Crippen LogP contribution in [0.3, 0.4) is 0 Å². The van der Waals surface area contributed by atoms with E-state index in [0.717, 1.165) is 12.1 Å². The number of urea groups is 1. The molecule has 35 heavy (non-hydrogen) atoms. The maximum Gasteiger partial charge on any atom is 0.416 e. The summed E-state index contributed by atoms with van der Waals surface area (Å²) in [7, 11) is 0. The van der Waals surface area contributed by atoms with Crippen molar-refractivity contribution in [3.8, 4) is 0 Å². The molecule has 4 rings (SSSR count). The van der Waals surface area contributed by atoms with E-state index in [4.69, 9.17) is 4.52 Å². The third kappa shape index (κ3) is 6.32. The Labute approximate surface area is 201 Å². The second-order valence-electron chi connectivity index (χ2n) is 10.2. The van der Waals surface area contributed by atoms with Crippen molar-refractivity contribution in [2.45, 2.75) is 69.2 Å². The quantitative estimate of drug-likeness (QED) is 0.671. The van der Waals surface area contributed by atoms with Gasteiger partial charge in [-0.15, -0.1) is 0 Å². The molecular weight excluding hydrogens is 465 g/mol. The highest BCUT2D eigenvalue weighted by molar-refractivity contribution is 5.75. The molecule has 2 fully saturated rings. The monoisotopic (exact) mass is 496 g/mol. The summed E-state index contributed by atoms with van der Waals surface area (Å²) in [6.45, 7) is 4.65. The van der Waals surface area contributed by atoms with Gasteiger partial charge >= 0.3 is 12.2 Å². The first-order valence-electron chi connectivity index (χ1n) is 11.8. The van der Waals surface area contributed by atoms with Crippen molar-refractivity contribution in [3.05, 3.63) is 47.1 Å². The molecule has 2 unspecified atom stereocenters. The number of nitrogens with zero attached hydrogens (tertiary/aromatic N) is 4. The van der Waals surface area contributed by atoms with Gasteiger partial charge in [-0.1, -0.05) is 23.4 Å². The third-order valence-electron chi connectivity index (χ3n) is 6.57. The summed E-state index contributed by atoms with van der Waals surface area (Å²) in [5.41, 5.74) is -1.27. The fourth-order valence-electron chi connectivity index (χ4n) is 4.79. The molecule has 2 aromatic rings. The van der Waals surface area contributed by atoms with E-state index in [0.29, 0.717) is 49.6 Å². The van der Waals surface area contributed by atoms with Crippen LogP contribution in [0, 0.1) is 0 Å². The number of rotatable bonds is 4. The summed E-state index contributed by atoms with van der Waals surface area (Å²) < 4.78 is 45.5. The number of halogens is 3. The van der Waals surface area contributed by atoms with Crippen LogP contribution in [0.4, 0.5) is 18.0 Å². The minimum Gasteiger partial charge on any atom is -0.393 e. The Morgan fingerprint density at radius 3 is 2.49 bits per heavy atom. The van der Waals surface area contributed by atoms with E-state index in [-0.39, 0.29) is 37.4 Å². The van der Waals surface area contributed by atoms with E-state index in [9.17, 15) is 28.2 Å². The largest absolute Gasteiger partial charge is 0.416 e. The predicted molar refractivity (Wildman–Crippen MR) is 120 cm³/mol. The molecule has 0 aliphatic carbocycles. The fraction of sp³-hybridized carbons (Fsp3) is 0.625. The summed E-state index contributed by atoms with van der Waals surface area (Å²) >= 11 is 0. The van der Waals surface area contributed by atoms with Crippen LogP contribution in [0.1, 0.15) is 67.8 Å². The van der Waals surface area contributed by atoms with Gasteiger partial charge in [0.25, 0.3) is 0 Å². The van der Waals surface area contributed by atoms with Gasteiger partial charge in [-0.3, -0.25) is 0 Å². The summed E-state index contributed by atoms with van der Waals surface area (Å²) in [6.07, 6.45) is -3.30. The van der Waals surface area contributed by atoms with E-state index >= 15 is 0 Å². The summed E-state index contributed by atoms with van der Waals surface area (Å²) in [4.78, 5) is 21.0. The van der Waals surface area contributed by atoms with Crippen molar-refractivity contribution in [1.29, 1.82) is 0 Å². The van der Waals surface area contributed by atoms with E-state index < -0.39 is 23.4 Å². The molecule has 3 heterocycles. The first-order valence-corrected chi connectivity index (χ1v) is 11.8. The van der Waals surface area contributed by atoms with Gasteiger partial charge in [0.2, 0.25) is 5.89 Å². The number of alkyl halides is 3. The van der Waals surface area contributed by atoms with Gasteiger partial charge in [0.05, 0.1) is 23.2 Å². The highest BCUT2D eigenvalue weighted by atomic mass is 19.4. The number of carbonyl (C=O) groups is 1. The number of hydrogen-bond acceptors (Lipinski definition) is 6. The summed E-state index contributed by atoms with van der Waals surface area (Å²) in [5.74, 6) is -0.102. The van der Waals surface area contributed by atoms with Gasteiger partial charge < -0.3 is 24.5 Å². The van der Waals surface area contributed by atoms with E-state index in [1.807, 2.05) is 0 Å². The number of benzene rings is 1. The Balaban J connectivity index is 1.60. The number of hydrogen-bond donors (Lipinski definition) is 2. The standard InChI is InChI=1S/C24H31F3N4O4/c1-23(2,34)12-20-28-21(35-29-20)17-10-16(15-4-3-5-18(11-15)24(25,26)27)13-31(14-17)22(33)30-8-6-19(32)7-9-30/h3-5,11,16-17,19,32,34H,6-10,12-14H2,1-2H3. The molecule has 0 spiro atoms. The Morgan fingerprint density at radius 2 is 1.83 bits per heavy atom. The summed E-state index contributed by atoms with van der Waals surface area (Å²) in [6, 6.07) is 4.99. The van der Waals surface area contributed by atoms with Crippen molar-refractivity contribution < 1.29 is 32.7 Å². The Bertz CT molecular complexity index is 1030. The molecule has 0 bridgehead atoms. The first-order chi connectivity index (χ1) is 16.4. The maximum atomic E-state index is 13.3. The second-order valence-corrected chi connectivity index (χ2v) is 10.2. The molecule has 2 atom stereocenters. The molecule has 2 aliphatic rings. The van der Waals surface area contributed by atoms with Crippen molar-refractivity contribution in [2.24, 2.45) is 0 Å². The minimum absolute atomic E-state index is 0.180. The Morgan fingerprint density at radius 1 is 1.14 bits per heavy atom. The van der Waals surface area contributed by atoms with Gasteiger partial charge in [0, 0.05) is 38.5 Å². The first kappa shape index (κ1) is 25.4. The molecule has 11 heteroatoms. The minimum atomic E-state index is -4.47. The molecule has 2 saturated heterocycles. The van der Waals surface area contributed by atoms with Crippen molar-refractivity contribution in [3.63, 3.8) is 0 Å². The van der Waals surface area contributed by atoms with Crippen molar-refractivity contribution in [2.75, 3.05) is 26.2 Å². The lowest BCUT2D eigenvalue weighted by molar-refractivity contribution is -0.137. The van der Waals surface area contributed by atoms with Gasteiger partial charge in [-0.2, -0.15) is 18.2 Å². The molecular formula is C24H31F3N4O4. The van der Waals surface area contributed by atoms with Gasteiger partial charge in [-0.25, -0.2) is 4.79 Å². The van der Waals surface area contributed by atoms with Crippen LogP contribution in [0.2, 0.25) is 0 Å². The van der Waals surface area contributed by atoms with Crippen LogP contribution >= 0.6 is 0 Å². The number of aliphatic hydroxyl groups excluding tert-OH is 1. The number of amides is 2. The maximum absolute atomic E-state index is 13.3. The van der Waals surface area contributed by atoms with Gasteiger partial charge in [0.15, 0.2) is 5.82 Å². The van der Waals surface area contributed by atoms with Gasteiger partial charge in [0.1, 0.15) is 0 Å². The number of piperidine rings is 2. The van der Waals surface area contributed by atoms with E-state index in [1.54, 1.807) is 29.7 Å². The smallest absolute Gasteiger partial charge is 0.393 e. The lowest BCUT2D eigenvalue weighted by atomic mass is 9.84. The second kappa shape index (κ2) is 9.77. The molecule has 2 amide bonds. The van der Waals surface area contributed by atoms with Gasteiger partial charge in [-0.05, 0) is 44.7 Å².